The highest BCUT2D eigenvalue weighted by molar-refractivity contribution is 5.30. The standard InChI is InChI=1S/C12H20N4O/c1-15-7-10-11(6-13)14-16(12(10)8-15)9-2-4-17-5-3-9/h9H,2-8,13H2,1H3. The fourth-order valence-electron chi connectivity index (χ4n) is 2.88. The zero-order valence-electron chi connectivity index (χ0n) is 10.4. The van der Waals surface area contributed by atoms with Crippen molar-refractivity contribution in [3.8, 4) is 0 Å². The molecule has 17 heavy (non-hydrogen) atoms. The van der Waals surface area contributed by atoms with Crippen molar-refractivity contribution in [1.82, 2.24) is 14.7 Å². The van der Waals surface area contributed by atoms with Crippen molar-refractivity contribution in [2.24, 2.45) is 5.73 Å². The molecular weight excluding hydrogens is 216 g/mol. The third kappa shape index (κ3) is 1.88. The average Bonchev–Trinajstić information content (AvgIpc) is 2.87. The lowest BCUT2D eigenvalue weighted by Gasteiger charge is -2.24. The number of aromatic nitrogens is 2. The number of ether oxygens (including phenoxy) is 1. The number of hydrogen-bond donors (Lipinski definition) is 1. The van der Waals surface area contributed by atoms with Gasteiger partial charge in [0, 0.05) is 38.4 Å². The average molecular weight is 236 g/mol. The largest absolute Gasteiger partial charge is 0.381 e. The first-order valence-electron chi connectivity index (χ1n) is 6.35. The van der Waals surface area contributed by atoms with Crippen LogP contribution in [0.1, 0.15) is 35.8 Å². The molecule has 3 heterocycles. The highest BCUT2D eigenvalue weighted by Crippen LogP contribution is 2.30. The van der Waals surface area contributed by atoms with E-state index in [4.69, 9.17) is 15.6 Å². The van der Waals surface area contributed by atoms with Gasteiger partial charge in [0.1, 0.15) is 0 Å². The molecule has 0 atom stereocenters. The molecule has 2 aliphatic rings. The summed E-state index contributed by atoms with van der Waals surface area (Å²) >= 11 is 0. The molecule has 3 rings (SSSR count). The number of nitrogens with two attached hydrogens (primary N) is 1. The van der Waals surface area contributed by atoms with Crippen LogP contribution in [0.2, 0.25) is 0 Å². The number of hydrogen-bond acceptors (Lipinski definition) is 4. The summed E-state index contributed by atoms with van der Waals surface area (Å²) in [7, 11) is 2.15. The highest BCUT2D eigenvalue weighted by Gasteiger charge is 2.28. The van der Waals surface area contributed by atoms with E-state index in [-0.39, 0.29) is 0 Å². The van der Waals surface area contributed by atoms with Gasteiger partial charge in [0.15, 0.2) is 0 Å². The Morgan fingerprint density at radius 2 is 2.12 bits per heavy atom. The molecule has 5 heteroatoms. The van der Waals surface area contributed by atoms with Crippen molar-refractivity contribution < 1.29 is 4.74 Å². The zero-order chi connectivity index (χ0) is 11.8. The Morgan fingerprint density at radius 3 is 2.82 bits per heavy atom. The van der Waals surface area contributed by atoms with E-state index >= 15 is 0 Å². The monoisotopic (exact) mass is 236 g/mol. The van der Waals surface area contributed by atoms with Crippen LogP contribution in [0.15, 0.2) is 0 Å². The smallest absolute Gasteiger partial charge is 0.0808 e. The summed E-state index contributed by atoms with van der Waals surface area (Å²) < 4.78 is 7.64. The Hall–Kier alpha value is -0.910. The molecule has 0 aromatic carbocycles. The third-order valence-corrected chi connectivity index (χ3v) is 3.78. The molecular formula is C12H20N4O. The van der Waals surface area contributed by atoms with E-state index in [9.17, 15) is 0 Å². The van der Waals surface area contributed by atoms with Crippen molar-refractivity contribution in [3.63, 3.8) is 0 Å². The van der Waals surface area contributed by atoms with Gasteiger partial charge in [-0.25, -0.2) is 0 Å². The van der Waals surface area contributed by atoms with E-state index in [2.05, 4.69) is 16.6 Å². The molecule has 0 saturated carbocycles. The minimum Gasteiger partial charge on any atom is -0.381 e. The van der Waals surface area contributed by atoms with Gasteiger partial charge < -0.3 is 10.5 Å². The summed E-state index contributed by atoms with van der Waals surface area (Å²) in [6, 6.07) is 0.504. The minimum absolute atomic E-state index is 0.504. The first-order valence-corrected chi connectivity index (χ1v) is 6.35. The maximum atomic E-state index is 5.79. The van der Waals surface area contributed by atoms with Gasteiger partial charge in [-0.3, -0.25) is 9.58 Å². The van der Waals surface area contributed by atoms with Crippen LogP contribution in [0.3, 0.4) is 0 Å². The molecule has 0 aliphatic carbocycles. The third-order valence-electron chi connectivity index (χ3n) is 3.78. The molecule has 0 spiro atoms. The van der Waals surface area contributed by atoms with Crippen LogP contribution in [-0.4, -0.2) is 34.9 Å². The molecule has 0 unspecified atom stereocenters. The molecule has 2 N–H and O–H groups in total. The van der Waals surface area contributed by atoms with Crippen LogP contribution >= 0.6 is 0 Å². The maximum Gasteiger partial charge on any atom is 0.0808 e. The van der Waals surface area contributed by atoms with Gasteiger partial charge >= 0.3 is 0 Å². The van der Waals surface area contributed by atoms with Gasteiger partial charge in [0.05, 0.1) is 17.4 Å². The molecule has 0 bridgehead atoms. The van der Waals surface area contributed by atoms with E-state index in [1.807, 2.05) is 0 Å². The second-order valence-electron chi connectivity index (χ2n) is 5.04. The molecule has 0 radical (unpaired) electrons. The van der Waals surface area contributed by atoms with Crippen LogP contribution in [0, 0.1) is 0 Å². The molecule has 5 nitrogen and oxygen atoms in total. The molecule has 0 amide bonds. The molecule has 1 saturated heterocycles. The van der Waals surface area contributed by atoms with Gasteiger partial charge in [-0.15, -0.1) is 0 Å². The molecule has 1 aromatic rings. The Morgan fingerprint density at radius 1 is 1.35 bits per heavy atom. The lowest BCUT2D eigenvalue weighted by molar-refractivity contribution is 0.0649. The van der Waals surface area contributed by atoms with E-state index < -0.39 is 0 Å². The fourth-order valence-corrected chi connectivity index (χ4v) is 2.88. The van der Waals surface area contributed by atoms with E-state index in [1.54, 1.807) is 0 Å². The van der Waals surface area contributed by atoms with Gasteiger partial charge in [-0.2, -0.15) is 5.10 Å². The normalized spacial score (nSPS) is 22.0. The van der Waals surface area contributed by atoms with Crippen LogP contribution < -0.4 is 5.73 Å². The molecule has 94 valence electrons. The van der Waals surface area contributed by atoms with Crippen molar-refractivity contribution >= 4 is 0 Å². The second kappa shape index (κ2) is 4.40. The van der Waals surface area contributed by atoms with Crippen molar-refractivity contribution in [3.05, 3.63) is 17.0 Å². The van der Waals surface area contributed by atoms with Crippen LogP contribution in [-0.2, 0) is 24.4 Å². The Labute approximate surface area is 102 Å². The maximum absolute atomic E-state index is 5.79. The van der Waals surface area contributed by atoms with E-state index in [0.29, 0.717) is 12.6 Å². The summed E-state index contributed by atoms with van der Waals surface area (Å²) in [6.07, 6.45) is 2.14. The summed E-state index contributed by atoms with van der Waals surface area (Å²) in [5.74, 6) is 0. The topological polar surface area (TPSA) is 56.3 Å². The van der Waals surface area contributed by atoms with E-state index in [0.717, 1.165) is 44.8 Å². The Bertz CT molecular complexity index is 409. The molecule has 1 fully saturated rings. The van der Waals surface area contributed by atoms with E-state index in [1.165, 1.54) is 11.3 Å². The molecule has 1 aromatic heterocycles. The van der Waals surface area contributed by atoms with Crippen molar-refractivity contribution in [1.29, 1.82) is 0 Å². The second-order valence-corrected chi connectivity index (χ2v) is 5.04. The number of nitrogens with zero attached hydrogens (tertiary/aromatic N) is 3. The quantitative estimate of drug-likeness (QED) is 0.818. The fraction of sp³-hybridized carbons (Fsp3) is 0.750. The SMILES string of the molecule is CN1Cc2c(CN)nn(C3CCOCC3)c2C1. The van der Waals surface area contributed by atoms with Gasteiger partial charge in [0.25, 0.3) is 0 Å². The van der Waals surface area contributed by atoms with Gasteiger partial charge in [-0.1, -0.05) is 0 Å². The predicted octanol–water partition coefficient (Wildman–Crippen LogP) is 0.639. The Kier molecular flexibility index (Phi) is 2.90. The van der Waals surface area contributed by atoms with Crippen LogP contribution in [0.4, 0.5) is 0 Å². The molecule has 2 aliphatic heterocycles. The van der Waals surface area contributed by atoms with Crippen molar-refractivity contribution in [2.45, 2.75) is 38.5 Å². The summed E-state index contributed by atoms with van der Waals surface area (Å²) in [6.45, 7) is 4.25. The number of rotatable bonds is 2. The first-order chi connectivity index (χ1) is 8.29. The minimum atomic E-state index is 0.504. The van der Waals surface area contributed by atoms with Crippen LogP contribution in [0.25, 0.3) is 0 Å². The lowest BCUT2D eigenvalue weighted by Crippen LogP contribution is -2.23. The van der Waals surface area contributed by atoms with Crippen LogP contribution in [0.5, 0.6) is 0 Å². The highest BCUT2D eigenvalue weighted by atomic mass is 16.5. The Balaban J connectivity index is 1.94. The summed E-state index contributed by atoms with van der Waals surface area (Å²) in [5.41, 5.74) is 9.61. The zero-order valence-corrected chi connectivity index (χ0v) is 10.4. The predicted molar refractivity (Wildman–Crippen MR) is 64.4 cm³/mol. The summed E-state index contributed by atoms with van der Waals surface area (Å²) in [4.78, 5) is 2.32. The van der Waals surface area contributed by atoms with Crippen molar-refractivity contribution in [2.75, 3.05) is 20.3 Å². The first kappa shape index (κ1) is 11.2. The van der Waals surface area contributed by atoms with Gasteiger partial charge in [0.2, 0.25) is 0 Å². The lowest BCUT2D eigenvalue weighted by atomic mass is 10.1. The van der Waals surface area contributed by atoms with Gasteiger partial charge in [-0.05, 0) is 19.9 Å². The number of fused-ring (bicyclic) bond motifs is 1. The summed E-state index contributed by atoms with van der Waals surface area (Å²) in [5, 5.41) is 4.72.